The zero-order valence-corrected chi connectivity index (χ0v) is 20.4. The minimum atomic E-state index is -3.60. The number of fused-ring (bicyclic) bond motifs is 3. The molecule has 3 heterocycles. The van der Waals surface area contributed by atoms with Crippen LogP contribution in [0.1, 0.15) is 45.4 Å². The fraction of sp³-hybridized carbons (Fsp3) is 0.500. The third kappa shape index (κ3) is 5.03. The molecule has 10 heteroatoms. The largest absolute Gasteiger partial charge is 0.481 e. The lowest BCUT2D eigenvalue weighted by Crippen LogP contribution is -2.42. The molecule has 184 valence electrons. The van der Waals surface area contributed by atoms with Crippen LogP contribution in [0.5, 0.6) is 0 Å². The maximum Gasteiger partial charge on any atom is 0.303 e. The second-order valence-corrected chi connectivity index (χ2v) is 11.0. The van der Waals surface area contributed by atoms with E-state index >= 15 is 0 Å². The van der Waals surface area contributed by atoms with Gasteiger partial charge in [-0.25, -0.2) is 8.42 Å². The van der Waals surface area contributed by atoms with E-state index in [1.54, 1.807) is 28.7 Å². The Morgan fingerprint density at radius 1 is 1.21 bits per heavy atom. The van der Waals surface area contributed by atoms with Gasteiger partial charge in [-0.3, -0.25) is 9.59 Å². The average molecular weight is 489 g/mol. The number of nitrogens with zero attached hydrogens (tertiary/aromatic N) is 2. The number of aliphatic carboxylic acids is 1. The number of carboxylic acid groups (broad SMARTS) is 1. The number of sulfonamides is 1. The van der Waals surface area contributed by atoms with Crippen LogP contribution in [0.4, 0.5) is 0 Å². The van der Waals surface area contributed by atoms with Crippen LogP contribution >= 0.6 is 0 Å². The summed E-state index contributed by atoms with van der Waals surface area (Å²) in [4.78, 5) is 30.1. The maximum absolute atomic E-state index is 13.5. The molecule has 1 saturated heterocycles. The lowest BCUT2D eigenvalue weighted by atomic mass is 10.1. The smallest absolute Gasteiger partial charge is 0.303 e. The van der Waals surface area contributed by atoms with Gasteiger partial charge in [0.15, 0.2) is 0 Å². The van der Waals surface area contributed by atoms with Crippen molar-refractivity contribution in [3.05, 3.63) is 40.8 Å². The molecule has 0 bridgehead atoms. The van der Waals surface area contributed by atoms with Gasteiger partial charge in [-0.15, -0.1) is 0 Å². The van der Waals surface area contributed by atoms with E-state index in [0.717, 1.165) is 49.4 Å². The monoisotopic (exact) mass is 488 g/mol. The van der Waals surface area contributed by atoms with Crippen LogP contribution in [0, 0.1) is 0 Å². The molecule has 1 aromatic carbocycles. The number of rotatable bonds is 7. The number of H-pyrrole nitrogens is 2. The highest BCUT2D eigenvalue weighted by Crippen LogP contribution is 2.34. The maximum atomic E-state index is 13.5. The lowest BCUT2D eigenvalue weighted by Gasteiger charge is -2.28. The van der Waals surface area contributed by atoms with E-state index in [1.165, 1.54) is 0 Å². The molecule has 3 N–H and O–H groups in total. The number of nitrogens with one attached hydrogen (secondary N) is 2. The van der Waals surface area contributed by atoms with Crippen molar-refractivity contribution in [2.75, 3.05) is 20.1 Å². The second kappa shape index (κ2) is 9.89. The molecular formula is C24H32N4O5S. The molecule has 0 amide bonds. The van der Waals surface area contributed by atoms with Crippen LogP contribution in [0.25, 0.3) is 21.8 Å². The summed E-state index contributed by atoms with van der Waals surface area (Å²) in [5.41, 5.74) is 0.908. The van der Waals surface area contributed by atoms with Crippen molar-refractivity contribution in [2.24, 2.45) is 0 Å². The molecule has 0 radical (unpaired) electrons. The molecule has 1 saturated carbocycles. The minimum Gasteiger partial charge on any atom is -0.481 e. The molecule has 1 aliphatic carbocycles. The number of aromatic amines is 2. The van der Waals surface area contributed by atoms with Crippen LogP contribution in [0.2, 0.25) is 0 Å². The molecule has 0 spiro atoms. The van der Waals surface area contributed by atoms with Crippen molar-refractivity contribution in [3.63, 3.8) is 0 Å². The number of carbonyl (C=O) groups is 1. The number of carboxylic acids is 1. The van der Waals surface area contributed by atoms with Gasteiger partial charge in [0.05, 0.1) is 4.90 Å². The highest BCUT2D eigenvalue weighted by molar-refractivity contribution is 7.89. The second-order valence-electron chi connectivity index (χ2n) is 9.15. The van der Waals surface area contributed by atoms with Crippen molar-refractivity contribution >= 4 is 37.8 Å². The van der Waals surface area contributed by atoms with Gasteiger partial charge in [-0.2, -0.15) is 4.31 Å². The lowest BCUT2D eigenvalue weighted by molar-refractivity contribution is -0.137. The van der Waals surface area contributed by atoms with Gasteiger partial charge in [-0.05, 0) is 70.0 Å². The molecule has 5 rings (SSSR count). The number of hydrogen-bond donors (Lipinski definition) is 3. The van der Waals surface area contributed by atoms with Crippen molar-refractivity contribution in [1.29, 1.82) is 0 Å². The Bertz CT molecular complexity index is 1340. The van der Waals surface area contributed by atoms with E-state index in [4.69, 9.17) is 5.11 Å². The molecule has 1 aliphatic heterocycles. The molecule has 9 nitrogen and oxygen atoms in total. The third-order valence-corrected chi connectivity index (χ3v) is 8.50. The molecular weight excluding hydrogens is 456 g/mol. The van der Waals surface area contributed by atoms with Crippen molar-refractivity contribution in [3.8, 4) is 0 Å². The predicted octanol–water partition coefficient (Wildman–Crippen LogP) is 3.13. The van der Waals surface area contributed by atoms with Crippen molar-refractivity contribution < 1.29 is 18.3 Å². The number of likely N-dealkylation sites (tertiary alicyclic amines) is 1. The Balaban J connectivity index is 0.000000408. The van der Waals surface area contributed by atoms with Crippen LogP contribution in [0.15, 0.2) is 40.2 Å². The first-order chi connectivity index (χ1) is 16.2. The first-order valence-corrected chi connectivity index (χ1v) is 13.2. The Morgan fingerprint density at radius 2 is 1.97 bits per heavy atom. The van der Waals surface area contributed by atoms with Gasteiger partial charge in [0, 0.05) is 47.5 Å². The van der Waals surface area contributed by atoms with Crippen LogP contribution in [0.3, 0.4) is 0 Å². The number of hydrogen-bond acceptors (Lipinski definition) is 5. The molecule has 1 atom stereocenters. The van der Waals surface area contributed by atoms with E-state index in [2.05, 4.69) is 21.9 Å². The van der Waals surface area contributed by atoms with Gasteiger partial charge >= 0.3 is 5.97 Å². The fourth-order valence-electron chi connectivity index (χ4n) is 4.56. The van der Waals surface area contributed by atoms with Gasteiger partial charge in [0.25, 0.3) is 5.56 Å². The molecule has 34 heavy (non-hydrogen) atoms. The zero-order valence-electron chi connectivity index (χ0n) is 19.6. The van der Waals surface area contributed by atoms with E-state index in [-0.39, 0.29) is 17.6 Å². The molecule has 2 fully saturated rings. The Hall–Kier alpha value is -2.69. The van der Waals surface area contributed by atoms with Gasteiger partial charge in [0.1, 0.15) is 5.52 Å². The number of benzene rings is 1. The number of aromatic nitrogens is 2. The summed E-state index contributed by atoms with van der Waals surface area (Å²) in [6, 6.07) is 7.21. The van der Waals surface area contributed by atoms with Crippen molar-refractivity contribution in [1.82, 2.24) is 19.2 Å². The summed E-state index contributed by atoms with van der Waals surface area (Å²) in [7, 11) is -1.52. The Morgan fingerprint density at radius 3 is 2.56 bits per heavy atom. The highest BCUT2D eigenvalue weighted by Gasteiger charge is 2.40. The van der Waals surface area contributed by atoms with Gasteiger partial charge in [0.2, 0.25) is 10.0 Å². The Kier molecular flexibility index (Phi) is 7.11. The Labute approximate surface area is 198 Å². The summed E-state index contributed by atoms with van der Waals surface area (Å²) in [5, 5.41) is 9.39. The minimum absolute atomic E-state index is 0.109. The quantitative estimate of drug-likeness (QED) is 0.469. The van der Waals surface area contributed by atoms with Gasteiger partial charge < -0.3 is 20.0 Å². The average Bonchev–Trinajstić information content (AvgIpc) is 3.33. The zero-order chi connectivity index (χ0) is 24.5. The number of pyridine rings is 1. The van der Waals surface area contributed by atoms with E-state index in [0.29, 0.717) is 28.9 Å². The highest BCUT2D eigenvalue weighted by atomic mass is 32.2. The van der Waals surface area contributed by atoms with Crippen LogP contribution < -0.4 is 5.56 Å². The van der Waals surface area contributed by atoms with Crippen LogP contribution in [-0.2, 0) is 14.8 Å². The summed E-state index contributed by atoms with van der Waals surface area (Å²) in [5.74, 6) is -0.711. The standard InChI is InChI=1S/C20H24N4O3S.C4H8O2/c1-23-10-2-3-14(23)12-24(13-4-5-13)28(26,27)15-6-7-18-17(11-15)16-8-9-21-19(16)20(25)22-18;1-2-3-4(5)6/h6-9,11,13-14,21H,2-5,10,12H2,1H3,(H,22,25);2-3H2,1H3,(H,5,6)/t14-;/m0./s1. The normalized spacial score (nSPS) is 19.0. The van der Waals surface area contributed by atoms with Crippen molar-refractivity contribution in [2.45, 2.75) is 62.4 Å². The third-order valence-electron chi connectivity index (χ3n) is 6.59. The summed E-state index contributed by atoms with van der Waals surface area (Å²) in [6.45, 7) is 3.42. The van der Waals surface area contributed by atoms with E-state index in [1.807, 2.05) is 13.0 Å². The molecule has 0 unspecified atom stereocenters. The van der Waals surface area contributed by atoms with E-state index < -0.39 is 16.0 Å². The SMILES string of the molecule is CCCC(=O)O.CN1CCC[C@H]1CN(C1CC1)S(=O)(=O)c1ccc2[nH]c(=O)c3[nH]ccc3c2c1. The van der Waals surface area contributed by atoms with Gasteiger partial charge in [-0.1, -0.05) is 6.92 Å². The summed E-state index contributed by atoms with van der Waals surface area (Å²) >= 11 is 0. The predicted molar refractivity (Wildman–Crippen MR) is 132 cm³/mol. The number of likely N-dealkylation sites (N-methyl/N-ethyl adjacent to an activating group) is 1. The molecule has 2 aromatic heterocycles. The van der Waals surface area contributed by atoms with Crippen LogP contribution in [-0.4, -0.2) is 70.9 Å². The fourth-order valence-corrected chi connectivity index (χ4v) is 6.30. The summed E-state index contributed by atoms with van der Waals surface area (Å²) < 4.78 is 28.8. The first-order valence-electron chi connectivity index (χ1n) is 11.8. The molecule has 2 aliphatic rings. The topological polar surface area (TPSA) is 127 Å². The first kappa shape index (κ1) is 24.4. The summed E-state index contributed by atoms with van der Waals surface area (Å²) in [6.07, 6.45) is 6.74. The van der Waals surface area contributed by atoms with E-state index in [9.17, 15) is 18.0 Å². The molecule has 3 aromatic rings.